The zero-order chi connectivity index (χ0) is 22.9. The van der Waals surface area contributed by atoms with Crippen molar-refractivity contribution in [2.24, 2.45) is 0 Å². The van der Waals surface area contributed by atoms with Gasteiger partial charge in [0.05, 0.1) is 5.02 Å². The summed E-state index contributed by atoms with van der Waals surface area (Å²) < 4.78 is 38.1. The van der Waals surface area contributed by atoms with E-state index in [4.69, 9.17) is 11.6 Å². The van der Waals surface area contributed by atoms with Crippen molar-refractivity contribution in [1.29, 1.82) is 5.26 Å². The van der Waals surface area contributed by atoms with Crippen molar-refractivity contribution in [3.63, 3.8) is 0 Å². The Balaban J connectivity index is 1.92. The maximum Gasteiger partial charge on any atom is 0.268 e. The molecule has 0 spiro atoms. The summed E-state index contributed by atoms with van der Waals surface area (Å²) in [6, 6.07) is 7.91. The molecule has 0 bridgehead atoms. The molecule has 0 aliphatic carbocycles. The van der Waals surface area contributed by atoms with Crippen LogP contribution in [0.15, 0.2) is 34.2 Å². The van der Waals surface area contributed by atoms with Crippen LogP contribution in [0.2, 0.25) is 5.02 Å². The lowest BCUT2D eigenvalue weighted by Crippen LogP contribution is -2.13. The van der Waals surface area contributed by atoms with E-state index in [1.807, 2.05) is 17.6 Å². The van der Waals surface area contributed by atoms with E-state index in [2.05, 4.69) is 15.5 Å². The van der Waals surface area contributed by atoms with Gasteiger partial charge in [-0.1, -0.05) is 22.9 Å². The van der Waals surface area contributed by atoms with Gasteiger partial charge in [0.1, 0.15) is 17.5 Å². The van der Waals surface area contributed by atoms with Crippen LogP contribution in [0.4, 0.5) is 9.52 Å². The third-order valence-corrected chi connectivity index (χ3v) is 7.04. The van der Waals surface area contributed by atoms with Crippen LogP contribution < -0.4 is 5.32 Å². The first-order valence-corrected chi connectivity index (χ1v) is 11.7. The van der Waals surface area contributed by atoms with Crippen molar-refractivity contribution < 1.29 is 17.6 Å². The van der Waals surface area contributed by atoms with E-state index in [-0.39, 0.29) is 20.1 Å². The normalized spacial score (nSPS) is 11.9. The fourth-order valence-electron chi connectivity index (χ4n) is 2.83. The summed E-state index contributed by atoms with van der Waals surface area (Å²) in [5.74, 6) is -1.29. The number of nitrogens with zero attached hydrogens (tertiary/aromatic N) is 4. The van der Waals surface area contributed by atoms with Gasteiger partial charge in [-0.25, -0.2) is 12.8 Å². The van der Waals surface area contributed by atoms with E-state index in [1.165, 1.54) is 18.2 Å². The van der Waals surface area contributed by atoms with Gasteiger partial charge in [-0.05, 0) is 49.8 Å². The van der Waals surface area contributed by atoms with Gasteiger partial charge >= 0.3 is 0 Å². The molecule has 8 nitrogen and oxygen atoms in total. The molecule has 31 heavy (non-hydrogen) atoms. The van der Waals surface area contributed by atoms with Gasteiger partial charge in [-0.3, -0.25) is 10.1 Å². The van der Waals surface area contributed by atoms with Gasteiger partial charge in [0.2, 0.25) is 19.3 Å². The minimum absolute atomic E-state index is 0.0234. The predicted molar refractivity (Wildman–Crippen MR) is 115 cm³/mol. The van der Waals surface area contributed by atoms with E-state index >= 15 is 0 Å². The molecular weight excluding hydrogens is 465 g/mol. The third kappa shape index (κ3) is 4.82. The minimum atomic E-state index is -3.55. The Kier molecular flexibility index (Phi) is 6.26. The van der Waals surface area contributed by atoms with Crippen molar-refractivity contribution in [2.45, 2.75) is 18.2 Å². The number of halogens is 2. The number of carbonyl (C=O) groups is 1. The average molecular weight is 480 g/mol. The number of nitriles is 1. The highest BCUT2D eigenvalue weighted by Crippen LogP contribution is 2.26. The van der Waals surface area contributed by atoms with E-state index < -0.39 is 21.6 Å². The minimum Gasteiger partial charge on any atom is -0.318 e. The third-order valence-electron chi connectivity index (χ3n) is 4.24. The first kappa shape index (κ1) is 22.6. The molecule has 1 N–H and O–H groups in total. The van der Waals surface area contributed by atoms with E-state index in [0.717, 1.165) is 11.9 Å². The summed E-state index contributed by atoms with van der Waals surface area (Å²) >= 11 is 6.57. The predicted octanol–water partition coefficient (Wildman–Crippen LogP) is 3.69. The molecule has 0 unspecified atom stereocenters. The number of rotatable bonds is 5. The standard InChI is InChI=1S/C19H15ClFN5O3S2/c1-10-6-12(11(2)26(10)14-4-5-16(21)15(20)8-14)7-13(9-22)17(27)23-18-24-25-19(30-18)31(3,28)29/h4-8H,1-3H3,(H,23,24,27)/b13-7-. The number of amides is 1. The summed E-state index contributed by atoms with van der Waals surface area (Å²) in [6.07, 6.45) is 2.38. The molecule has 0 saturated carbocycles. The van der Waals surface area contributed by atoms with E-state index in [0.29, 0.717) is 28.3 Å². The number of aromatic nitrogens is 3. The number of hydrogen-bond acceptors (Lipinski definition) is 7. The molecule has 1 aromatic carbocycles. The van der Waals surface area contributed by atoms with Crippen LogP contribution in [-0.4, -0.2) is 35.3 Å². The SMILES string of the molecule is Cc1cc(/C=C(/C#N)C(=O)Nc2nnc(S(C)(=O)=O)s2)c(C)n1-c1ccc(F)c(Cl)c1. The van der Waals surface area contributed by atoms with Gasteiger partial charge in [-0.2, -0.15) is 5.26 Å². The monoisotopic (exact) mass is 479 g/mol. The Hall–Kier alpha value is -3.07. The quantitative estimate of drug-likeness (QED) is 0.339. The van der Waals surface area contributed by atoms with E-state index in [9.17, 15) is 22.9 Å². The van der Waals surface area contributed by atoms with Crippen LogP contribution in [0.5, 0.6) is 0 Å². The number of anilines is 1. The molecule has 0 aliphatic heterocycles. The van der Waals surface area contributed by atoms with Crippen molar-refractivity contribution in [3.05, 3.63) is 57.6 Å². The second kappa shape index (κ2) is 8.58. The first-order valence-electron chi connectivity index (χ1n) is 8.62. The molecule has 2 heterocycles. The Bertz CT molecular complexity index is 1370. The number of hydrogen-bond donors (Lipinski definition) is 1. The van der Waals surface area contributed by atoms with Crippen LogP contribution in [0.25, 0.3) is 11.8 Å². The Morgan fingerprint density at radius 3 is 2.61 bits per heavy atom. The number of carbonyl (C=O) groups excluding carboxylic acids is 1. The maximum absolute atomic E-state index is 13.5. The highest BCUT2D eigenvalue weighted by molar-refractivity contribution is 7.92. The Labute approximate surface area is 186 Å². The summed E-state index contributed by atoms with van der Waals surface area (Å²) in [6.45, 7) is 3.60. The molecule has 0 saturated heterocycles. The van der Waals surface area contributed by atoms with Crippen molar-refractivity contribution >= 4 is 49.9 Å². The summed E-state index contributed by atoms with van der Waals surface area (Å²) in [5, 5.41) is 18.9. The molecule has 0 radical (unpaired) electrons. The molecule has 0 atom stereocenters. The maximum atomic E-state index is 13.5. The van der Waals surface area contributed by atoms with Crippen molar-refractivity contribution in [1.82, 2.24) is 14.8 Å². The van der Waals surface area contributed by atoms with Gasteiger partial charge in [0.25, 0.3) is 5.91 Å². The van der Waals surface area contributed by atoms with Crippen LogP contribution in [0, 0.1) is 31.0 Å². The highest BCUT2D eigenvalue weighted by atomic mass is 35.5. The van der Waals surface area contributed by atoms with Crippen LogP contribution >= 0.6 is 22.9 Å². The molecule has 2 aromatic heterocycles. The van der Waals surface area contributed by atoms with Crippen molar-refractivity contribution in [3.8, 4) is 11.8 Å². The van der Waals surface area contributed by atoms with Crippen LogP contribution in [-0.2, 0) is 14.6 Å². The van der Waals surface area contributed by atoms with Gasteiger partial charge in [-0.15, -0.1) is 10.2 Å². The highest BCUT2D eigenvalue weighted by Gasteiger charge is 2.18. The first-order chi connectivity index (χ1) is 14.5. The van der Waals surface area contributed by atoms with Gasteiger partial charge in [0, 0.05) is 23.3 Å². The molecule has 1 amide bonds. The van der Waals surface area contributed by atoms with Gasteiger partial charge in [0.15, 0.2) is 0 Å². The zero-order valence-electron chi connectivity index (χ0n) is 16.5. The molecular formula is C19H15ClFN5O3S2. The van der Waals surface area contributed by atoms with Crippen LogP contribution in [0.1, 0.15) is 17.0 Å². The lowest BCUT2D eigenvalue weighted by molar-refractivity contribution is -0.112. The fraction of sp³-hybridized carbons (Fsp3) is 0.158. The molecule has 160 valence electrons. The summed E-state index contributed by atoms with van der Waals surface area (Å²) in [4.78, 5) is 12.5. The Morgan fingerprint density at radius 2 is 2.03 bits per heavy atom. The lowest BCUT2D eigenvalue weighted by Gasteiger charge is -2.10. The molecule has 0 aliphatic rings. The fourth-order valence-corrected chi connectivity index (χ4v) is 4.51. The summed E-state index contributed by atoms with van der Waals surface area (Å²) in [7, 11) is -3.55. The molecule has 12 heteroatoms. The summed E-state index contributed by atoms with van der Waals surface area (Å²) in [5.41, 5.74) is 2.50. The molecule has 3 rings (SSSR count). The number of aryl methyl sites for hydroxylation is 1. The second-order valence-electron chi connectivity index (χ2n) is 6.53. The topological polar surface area (TPSA) is 118 Å². The number of sulfone groups is 1. The second-order valence-corrected chi connectivity index (χ2v) is 10.1. The van der Waals surface area contributed by atoms with Crippen molar-refractivity contribution in [2.75, 3.05) is 11.6 Å². The molecule has 0 fully saturated rings. The van der Waals surface area contributed by atoms with Crippen LogP contribution in [0.3, 0.4) is 0 Å². The van der Waals surface area contributed by atoms with E-state index in [1.54, 1.807) is 19.1 Å². The smallest absolute Gasteiger partial charge is 0.268 e. The largest absolute Gasteiger partial charge is 0.318 e. The molecule has 3 aromatic rings. The Morgan fingerprint density at radius 1 is 1.32 bits per heavy atom. The number of benzene rings is 1. The number of nitrogens with one attached hydrogen (secondary N) is 1. The zero-order valence-corrected chi connectivity index (χ0v) is 18.9. The average Bonchev–Trinajstić information content (AvgIpc) is 3.26. The lowest BCUT2D eigenvalue weighted by atomic mass is 10.1. The van der Waals surface area contributed by atoms with Gasteiger partial charge < -0.3 is 4.57 Å².